The number of rotatable bonds is 3. The number of ether oxygens (including phenoxy) is 1. The van der Waals surface area contributed by atoms with Crippen molar-refractivity contribution in [2.75, 3.05) is 7.05 Å². The van der Waals surface area contributed by atoms with Crippen LogP contribution >= 0.6 is 0 Å². The molecule has 1 N–H and O–H groups in total. The van der Waals surface area contributed by atoms with E-state index in [1.807, 2.05) is 32.7 Å². The first-order valence-electron chi connectivity index (χ1n) is 9.57. The lowest BCUT2D eigenvalue weighted by atomic mass is 9.89. The Labute approximate surface area is 142 Å². The van der Waals surface area contributed by atoms with Gasteiger partial charge >= 0.3 is 6.09 Å². The Morgan fingerprint density at radius 1 is 0.913 bits per heavy atom. The van der Waals surface area contributed by atoms with Gasteiger partial charge in [0.1, 0.15) is 5.60 Å². The Morgan fingerprint density at radius 3 is 1.96 bits per heavy atom. The Kier molecular flexibility index (Phi) is 6.75. The molecule has 0 aromatic carbocycles. The van der Waals surface area contributed by atoms with Crippen molar-refractivity contribution >= 4 is 6.09 Å². The van der Waals surface area contributed by atoms with Gasteiger partial charge in [0.05, 0.1) is 0 Å². The van der Waals surface area contributed by atoms with Gasteiger partial charge in [-0.3, -0.25) is 0 Å². The van der Waals surface area contributed by atoms with Gasteiger partial charge in [0, 0.05) is 25.2 Å². The topological polar surface area (TPSA) is 41.6 Å². The van der Waals surface area contributed by atoms with E-state index in [4.69, 9.17) is 4.74 Å². The van der Waals surface area contributed by atoms with Gasteiger partial charge in [-0.2, -0.15) is 0 Å². The summed E-state index contributed by atoms with van der Waals surface area (Å²) in [6, 6.07) is 1.70. The number of hydrogen-bond acceptors (Lipinski definition) is 3. The van der Waals surface area contributed by atoms with Gasteiger partial charge in [0.25, 0.3) is 0 Å². The molecular weight excluding hydrogens is 288 g/mol. The summed E-state index contributed by atoms with van der Waals surface area (Å²) >= 11 is 0. The van der Waals surface area contributed by atoms with E-state index in [1.54, 1.807) is 0 Å². The number of carbonyl (C=O) groups excluding carboxylic acids is 1. The standard InChI is InChI=1S/C19H36N2O2/c1-19(2,3)23-18(22)21(4)17-13-11-16(12-14-17)20-15-9-7-5-6-8-10-15/h15-17,20H,5-14H2,1-4H3. The van der Waals surface area contributed by atoms with Crippen molar-refractivity contribution in [3.8, 4) is 0 Å². The quantitative estimate of drug-likeness (QED) is 0.778. The lowest BCUT2D eigenvalue weighted by molar-refractivity contribution is 0.0177. The number of amides is 1. The second-order valence-corrected chi connectivity index (χ2v) is 8.45. The van der Waals surface area contributed by atoms with Gasteiger partial charge in [-0.1, -0.05) is 25.7 Å². The summed E-state index contributed by atoms with van der Waals surface area (Å²) in [5.74, 6) is 0. The molecule has 0 aromatic rings. The van der Waals surface area contributed by atoms with Crippen LogP contribution in [0.25, 0.3) is 0 Å². The maximum atomic E-state index is 12.2. The van der Waals surface area contributed by atoms with Crippen LogP contribution in [-0.4, -0.2) is 41.8 Å². The summed E-state index contributed by atoms with van der Waals surface area (Å²) in [5.41, 5.74) is -0.413. The minimum absolute atomic E-state index is 0.183. The lowest BCUT2D eigenvalue weighted by Gasteiger charge is -2.37. The van der Waals surface area contributed by atoms with Gasteiger partial charge in [-0.05, 0) is 59.3 Å². The van der Waals surface area contributed by atoms with Crippen molar-refractivity contribution < 1.29 is 9.53 Å². The van der Waals surface area contributed by atoms with Crippen LogP contribution in [0.3, 0.4) is 0 Å². The molecule has 0 bridgehead atoms. The molecule has 0 atom stereocenters. The Bertz CT molecular complexity index is 362. The number of nitrogens with zero attached hydrogens (tertiary/aromatic N) is 1. The highest BCUT2D eigenvalue weighted by Crippen LogP contribution is 2.26. The van der Waals surface area contributed by atoms with E-state index in [0.29, 0.717) is 12.1 Å². The second kappa shape index (κ2) is 8.36. The smallest absolute Gasteiger partial charge is 0.410 e. The molecule has 0 saturated heterocycles. The monoisotopic (exact) mass is 324 g/mol. The zero-order chi connectivity index (χ0) is 16.9. The fourth-order valence-electron chi connectivity index (χ4n) is 3.89. The van der Waals surface area contributed by atoms with E-state index >= 15 is 0 Å². The van der Waals surface area contributed by atoms with Crippen molar-refractivity contribution in [1.29, 1.82) is 0 Å². The second-order valence-electron chi connectivity index (χ2n) is 8.45. The zero-order valence-electron chi connectivity index (χ0n) is 15.6. The van der Waals surface area contributed by atoms with Crippen molar-refractivity contribution in [1.82, 2.24) is 10.2 Å². The first-order valence-corrected chi connectivity index (χ1v) is 9.57. The van der Waals surface area contributed by atoms with E-state index in [2.05, 4.69) is 5.32 Å². The molecule has 0 spiro atoms. The predicted molar refractivity (Wildman–Crippen MR) is 94.7 cm³/mol. The minimum atomic E-state index is -0.413. The van der Waals surface area contributed by atoms with Gasteiger partial charge < -0.3 is 15.0 Å². The summed E-state index contributed by atoms with van der Waals surface area (Å²) in [4.78, 5) is 14.0. The van der Waals surface area contributed by atoms with Crippen molar-refractivity contribution in [3.05, 3.63) is 0 Å². The first-order chi connectivity index (χ1) is 10.8. The third-order valence-corrected chi connectivity index (χ3v) is 5.25. The van der Waals surface area contributed by atoms with Crippen LogP contribution in [0, 0.1) is 0 Å². The molecule has 4 nitrogen and oxygen atoms in total. The molecule has 23 heavy (non-hydrogen) atoms. The fourth-order valence-corrected chi connectivity index (χ4v) is 3.89. The van der Waals surface area contributed by atoms with Gasteiger partial charge in [-0.25, -0.2) is 4.79 Å². The van der Waals surface area contributed by atoms with E-state index in [9.17, 15) is 4.79 Å². The van der Waals surface area contributed by atoms with E-state index in [-0.39, 0.29) is 6.09 Å². The van der Waals surface area contributed by atoms with E-state index < -0.39 is 5.60 Å². The average molecular weight is 325 g/mol. The minimum Gasteiger partial charge on any atom is -0.444 e. The summed E-state index contributed by atoms with van der Waals surface area (Å²) in [6.45, 7) is 5.77. The Balaban J connectivity index is 1.73. The highest BCUT2D eigenvalue weighted by molar-refractivity contribution is 5.68. The summed E-state index contributed by atoms with van der Waals surface area (Å²) in [6.07, 6.45) is 12.6. The van der Waals surface area contributed by atoms with Crippen molar-refractivity contribution in [3.63, 3.8) is 0 Å². The van der Waals surface area contributed by atoms with Gasteiger partial charge in [-0.15, -0.1) is 0 Å². The molecular formula is C19H36N2O2. The molecule has 0 heterocycles. The maximum absolute atomic E-state index is 12.2. The third-order valence-electron chi connectivity index (χ3n) is 5.25. The first kappa shape index (κ1) is 18.6. The molecule has 2 rings (SSSR count). The molecule has 2 aliphatic carbocycles. The highest BCUT2D eigenvalue weighted by atomic mass is 16.6. The molecule has 4 heteroatoms. The summed E-state index contributed by atoms with van der Waals surface area (Å²) in [7, 11) is 1.89. The highest BCUT2D eigenvalue weighted by Gasteiger charge is 2.30. The Morgan fingerprint density at radius 2 is 1.43 bits per heavy atom. The van der Waals surface area contributed by atoms with Crippen LogP contribution in [0.4, 0.5) is 4.79 Å². The van der Waals surface area contributed by atoms with Crippen LogP contribution < -0.4 is 5.32 Å². The van der Waals surface area contributed by atoms with Crippen molar-refractivity contribution in [2.45, 2.75) is 109 Å². The molecule has 2 saturated carbocycles. The van der Waals surface area contributed by atoms with E-state index in [0.717, 1.165) is 18.9 Å². The molecule has 0 aliphatic heterocycles. The van der Waals surface area contributed by atoms with Crippen LogP contribution in [-0.2, 0) is 4.74 Å². The normalized spacial score (nSPS) is 27.3. The van der Waals surface area contributed by atoms with Crippen LogP contribution in [0.15, 0.2) is 0 Å². The molecule has 0 aromatic heterocycles. The largest absolute Gasteiger partial charge is 0.444 e. The average Bonchev–Trinajstić information content (AvgIpc) is 2.74. The molecule has 2 fully saturated rings. The van der Waals surface area contributed by atoms with Crippen LogP contribution in [0.2, 0.25) is 0 Å². The van der Waals surface area contributed by atoms with Crippen LogP contribution in [0.1, 0.15) is 85.0 Å². The summed E-state index contributed by atoms with van der Waals surface area (Å²) in [5, 5.41) is 3.89. The SMILES string of the molecule is CN(C(=O)OC(C)(C)C)C1CCC(NC2CCCCCC2)CC1. The Hall–Kier alpha value is -0.770. The predicted octanol–water partition coefficient (Wildman–Crippen LogP) is 4.48. The molecule has 0 unspecified atom stereocenters. The van der Waals surface area contributed by atoms with E-state index in [1.165, 1.54) is 51.4 Å². The summed E-state index contributed by atoms with van der Waals surface area (Å²) < 4.78 is 5.49. The molecule has 134 valence electrons. The molecule has 1 amide bonds. The third kappa shape index (κ3) is 6.33. The zero-order valence-corrected chi connectivity index (χ0v) is 15.6. The molecule has 0 radical (unpaired) electrons. The van der Waals surface area contributed by atoms with Gasteiger partial charge in [0.2, 0.25) is 0 Å². The number of hydrogen-bond donors (Lipinski definition) is 1. The fraction of sp³-hybridized carbons (Fsp3) is 0.947. The maximum Gasteiger partial charge on any atom is 0.410 e. The van der Waals surface area contributed by atoms with Crippen LogP contribution in [0.5, 0.6) is 0 Å². The number of carbonyl (C=O) groups is 1. The lowest BCUT2D eigenvalue weighted by Crippen LogP contribution is -2.46. The van der Waals surface area contributed by atoms with Crippen molar-refractivity contribution in [2.24, 2.45) is 0 Å². The molecule has 2 aliphatic rings. The van der Waals surface area contributed by atoms with Gasteiger partial charge in [0.15, 0.2) is 0 Å². The number of nitrogens with one attached hydrogen (secondary N) is 1.